The van der Waals surface area contributed by atoms with Crippen LogP contribution in [0, 0.1) is 6.92 Å². The first-order chi connectivity index (χ1) is 9.70. The molecular formula is C14H23BrN4O. The van der Waals surface area contributed by atoms with E-state index in [-0.39, 0.29) is 0 Å². The van der Waals surface area contributed by atoms with Gasteiger partial charge in [-0.05, 0) is 13.3 Å². The number of morpholine rings is 1. The molecule has 112 valence electrons. The predicted octanol–water partition coefficient (Wildman–Crippen LogP) is 1.53. The summed E-state index contributed by atoms with van der Waals surface area (Å²) in [4.78, 5) is 5.08. The summed E-state index contributed by atoms with van der Waals surface area (Å²) in [6, 6.07) is 0.664. The van der Waals surface area contributed by atoms with Crippen molar-refractivity contribution in [1.29, 1.82) is 0 Å². The van der Waals surface area contributed by atoms with Crippen LogP contribution in [-0.2, 0) is 17.1 Å². The topological polar surface area (TPSA) is 33.5 Å². The third kappa shape index (κ3) is 2.61. The van der Waals surface area contributed by atoms with Crippen LogP contribution in [0.15, 0.2) is 0 Å². The molecule has 20 heavy (non-hydrogen) atoms. The van der Waals surface area contributed by atoms with Gasteiger partial charge in [-0.25, -0.2) is 0 Å². The van der Waals surface area contributed by atoms with Gasteiger partial charge in [-0.2, -0.15) is 5.10 Å². The summed E-state index contributed by atoms with van der Waals surface area (Å²) in [6.45, 7) is 8.25. The van der Waals surface area contributed by atoms with Crippen molar-refractivity contribution in [3.8, 4) is 0 Å². The highest BCUT2D eigenvalue weighted by Gasteiger charge is 2.31. The van der Waals surface area contributed by atoms with E-state index in [1.165, 1.54) is 17.8 Å². The second-order valence-electron chi connectivity index (χ2n) is 5.68. The molecule has 1 atom stereocenters. The lowest BCUT2D eigenvalue weighted by Gasteiger charge is -2.32. The molecular weight excluding hydrogens is 320 g/mol. The lowest BCUT2D eigenvalue weighted by molar-refractivity contribution is 0.0209. The van der Waals surface area contributed by atoms with Crippen molar-refractivity contribution in [2.45, 2.75) is 24.7 Å². The number of rotatable bonds is 3. The van der Waals surface area contributed by atoms with Crippen LogP contribution in [0.1, 0.15) is 17.7 Å². The highest BCUT2D eigenvalue weighted by atomic mass is 79.9. The quantitative estimate of drug-likeness (QED) is 0.780. The van der Waals surface area contributed by atoms with Crippen molar-refractivity contribution in [1.82, 2.24) is 14.7 Å². The van der Waals surface area contributed by atoms with Crippen LogP contribution in [-0.4, -0.2) is 60.1 Å². The van der Waals surface area contributed by atoms with E-state index in [2.05, 4.69) is 44.8 Å². The van der Waals surface area contributed by atoms with Gasteiger partial charge in [-0.15, -0.1) is 0 Å². The average Bonchev–Trinajstić information content (AvgIpc) is 3.03. The molecule has 0 aromatic carbocycles. The Bertz CT molecular complexity index is 470. The molecule has 0 aliphatic carbocycles. The minimum Gasteiger partial charge on any atom is -0.379 e. The SMILES string of the molecule is Cc1nn(C)c(N2CCC(N3CCOCC3)C2)c1CBr. The van der Waals surface area contributed by atoms with E-state index in [1.54, 1.807) is 0 Å². The highest BCUT2D eigenvalue weighted by molar-refractivity contribution is 9.08. The summed E-state index contributed by atoms with van der Waals surface area (Å²) in [5, 5.41) is 5.45. The summed E-state index contributed by atoms with van der Waals surface area (Å²) in [5.41, 5.74) is 2.46. The third-order valence-corrected chi connectivity index (χ3v) is 5.03. The molecule has 1 unspecified atom stereocenters. The Morgan fingerprint density at radius 3 is 2.75 bits per heavy atom. The Morgan fingerprint density at radius 2 is 2.05 bits per heavy atom. The molecule has 5 nitrogen and oxygen atoms in total. The van der Waals surface area contributed by atoms with E-state index in [9.17, 15) is 0 Å². The maximum absolute atomic E-state index is 5.45. The van der Waals surface area contributed by atoms with Gasteiger partial charge in [0.2, 0.25) is 0 Å². The Balaban J connectivity index is 1.73. The number of nitrogens with zero attached hydrogens (tertiary/aromatic N) is 4. The highest BCUT2D eigenvalue weighted by Crippen LogP contribution is 2.29. The largest absolute Gasteiger partial charge is 0.379 e. The zero-order valence-electron chi connectivity index (χ0n) is 12.3. The molecule has 0 bridgehead atoms. The average molecular weight is 343 g/mol. The van der Waals surface area contributed by atoms with Crippen molar-refractivity contribution in [2.24, 2.45) is 7.05 Å². The first-order valence-electron chi connectivity index (χ1n) is 7.36. The van der Waals surface area contributed by atoms with Gasteiger partial charge in [0.25, 0.3) is 0 Å². The lowest BCUT2D eigenvalue weighted by atomic mass is 10.2. The number of aromatic nitrogens is 2. The second-order valence-corrected chi connectivity index (χ2v) is 6.24. The molecule has 6 heteroatoms. The standard InChI is InChI=1S/C14H23BrN4O/c1-11-13(9-15)14(17(2)16-11)19-4-3-12(10-19)18-5-7-20-8-6-18/h12H,3-10H2,1-2H3. The fourth-order valence-corrected chi connectivity index (χ4v) is 4.07. The van der Waals surface area contributed by atoms with Crippen molar-refractivity contribution in [3.63, 3.8) is 0 Å². The first-order valence-corrected chi connectivity index (χ1v) is 8.48. The van der Waals surface area contributed by atoms with Gasteiger partial charge in [0.1, 0.15) is 5.82 Å². The van der Waals surface area contributed by atoms with Crippen LogP contribution in [0.5, 0.6) is 0 Å². The van der Waals surface area contributed by atoms with E-state index < -0.39 is 0 Å². The maximum atomic E-state index is 5.45. The molecule has 2 saturated heterocycles. The van der Waals surface area contributed by atoms with E-state index in [1.807, 2.05) is 4.68 Å². The zero-order chi connectivity index (χ0) is 14.1. The van der Waals surface area contributed by atoms with Gasteiger partial charge in [0, 0.05) is 50.2 Å². The summed E-state index contributed by atoms with van der Waals surface area (Å²) < 4.78 is 7.49. The van der Waals surface area contributed by atoms with Crippen LogP contribution in [0.2, 0.25) is 0 Å². The van der Waals surface area contributed by atoms with E-state index in [4.69, 9.17) is 4.74 Å². The molecule has 0 amide bonds. The lowest BCUT2D eigenvalue weighted by Crippen LogP contribution is -2.44. The molecule has 0 N–H and O–H groups in total. The van der Waals surface area contributed by atoms with Gasteiger partial charge in [0.15, 0.2) is 0 Å². The molecule has 0 spiro atoms. The van der Waals surface area contributed by atoms with Crippen molar-refractivity contribution >= 4 is 21.7 Å². The summed E-state index contributed by atoms with van der Waals surface area (Å²) in [7, 11) is 2.05. The van der Waals surface area contributed by atoms with E-state index in [0.717, 1.165) is 50.4 Å². The van der Waals surface area contributed by atoms with Crippen LogP contribution in [0.4, 0.5) is 5.82 Å². The molecule has 1 aromatic rings. The van der Waals surface area contributed by atoms with Crippen LogP contribution in [0.25, 0.3) is 0 Å². The normalized spacial score (nSPS) is 24.6. The predicted molar refractivity (Wildman–Crippen MR) is 83.6 cm³/mol. The number of alkyl halides is 1. The first kappa shape index (κ1) is 14.4. The minimum atomic E-state index is 0.664. The molecule has 0 saturated carbocycles. The van der Waals surface area contributed by atoms with E-state index >= 15 is 0 Å². The Kier molecular flexibility index (Phi) is 4.33. The van der Waals surface area contributed by atoms with Gasteiger partial charge in [-0.3, -0.25) is 9.58 Å². The number of hydrogen-bond acceptors (Lipinski definition) is 4. The fraction of sp³-hybridized carbons (Fsp3) is 0.786. The van der Waals surface area contributed by atoms with Crippen LogP contribution in [0.3, 0.4) is 0 Å². The monoisotopic (exact) mass is 342 g/mol. The van der Waals surface area contributed by atoms with Gasteiger partial charge < -0.3 is 9.64 Å². The maximum Gasteiger partial charge on any atom is 0.130 e. The number of anilines is 1. The zero-order valence-corrected chi connectivity index (χ0v) is 13.9. The summed E-state index contributed by atoms with van der Waals surface area (Å²) in [6.07, 6.45) is 1.24. The molecule has 0 radical (unpaired) electrons. The minimum absolute atomic E-state index is 0.664. The van der Waals surface area contributed by atoms with Crippen LogP contribution < -0.4 is 4.90 Å². The van der Waals surface area contributed by atoms with Gasteiger partial charge in [-0.1, -0.05) is 15.9 Å². The van der Waals surface area contributed by atoms with Gasteiger partial charge in [0.05, 0.1) is 18.9 Å². The van der Waals surface area contributed by atoms with Crippen LogP contribution >= 0.6 is 15.9 Å². The molecule has 3 heterocycles. The Hall–Kier alpha value is -0.590. The second kappa shape index (κ2) is 6.03. The Labute approximate surface area is 129 Å². The fourth-order valence-electron chi connectivity index (χ4n) is 3.42. The van der Waals surface area contributed by atoms with Crippen molar-refractivity contribution in [2.75, 3.05) is 44.3 Å². The van der Waals surface area contributed by atoms with Crippen molar-refractivity contribution in [3.05, 3.63) is 11.3 Å². The third-order valence-electron chi connectivity index (χ3n) is 4.47. The molecule has 2 fully saturated rings. The Morgan fingerprint density at radius 1 is 1.30 bits per heavy atom. The summed E-state index contributed by atoms with van der Waals surface area (Å²) in [5.74, 6) is 1.29. The molecule has 1 aromatic heterocycles. The summed E-state index contributed by atoms with van der Waals surface area (Å²) >= 11 is 3.60. The van der Waals surface area contributed by atoms with Gasteiger partial charge >= 0.3 is 0 Å². The number of halogens is 1. The molecule has 3 rings (SSSR count). The molecule has 2 aliphatic heterocycles. The molecule has 2 aliphatic rings. The smallest absolute Gasteiger partial charge is 0.130 e. The number of aryl methyl sites for hydroxylation is 2. The van der Waals surface area contributed by atoms with E-state index in [0.29, 0.717) is 6.04 Å². The number of ether oxygens (including phenoxy) is 1. The van der Waals surface area contributed by atoms with Crippen molar-refractivity contribution < 1.29 is 4.74 Å². The number of hydrogen-bond donors (Lipinski definition) is 0.